The number of amides is 2. The number of thiazole rings is 1. The number of fused-ring (bicyclic) bond motifs is 1. The molecule has 3 rings (SSSR count). The lowest BCUT2D eigenvalue weighted by Gasteiger charge is -2.11. The summed E-state index contributed by atoms with van der Waals surface area (Å²) in [5.74, 6) is -2.52. The van der Waals surface area contributed by atoms with E-state index in [9.17, 15) is 14.0 Å². The first kappa shape index (κ1) is 20.2. The van der Waals surface area contributed by atoms with E-state index >= 15 is 0 Å². The van der Waals surface area contributed by atoms with E-state index in [-0.39, 0.29) is 23.8 Å². The number of benzene rings is 1. The Morgan fingerprint density at radius 3 is 2.93 bits per heavy atom. The second-order valence-electron chi connectivity index (χ2n) is 6.12. The van der Waals surface area contributed by atoms with Gasteiger partial charge in [-0.15, -0.1) is 0 Å². The highest BCUT2D eigenvalue weighted by Crippen LogP contribution is 2.25. The highest BCUT2D eigenvalue weighted by Gasteiger charge is 2.20. The average molecular weight is 422 g/mol. The minimum absolute atomic E-state index is 0.00639. The van der Waals surface area contributed by atoms with Gasteiger partial charge in [-0.2, -0.15) is 0 Å². The molecule has 0 bridgehead atoms. The van der Waals surface area contributed by atoms with E-state index in [4.69, 9.17) is 16.3 Å². The second kappa shape index (κ2) is 8.62. The molecule has 9 heteroatoms. The van der Waals surface area contributed by atoms with Crippen LogP contribution in [0.2, 0.25) is 5.02 Å². The van der Waals surface area contributed by atoms with E-state index in [1.165, 1.54) is 35.7 Å². The van der Waals surface area contributed by atoms with E-state index in [2.05, 4.69) is 15.3 Å². The van der Waals surface area contributed by atoms with Gasteiger partial charge in [0.15, 0.2) is 11.6 Å². The topological polar surface area (TPSA) is 81.2 Å². The number of hydrogen-bond donors (Lipinski definition) is 1. The molecule has 0 fully saturated rings. The fourth-order valence-electron chi connectivity index (χ4n) is 2.33. The van der Waals surface area contributed by atoms with Crippen molar-refractivity contribution < 1.29 is 18.7 Å². The van der Waals surface area contributed by atoms with Gasteiger partial charge >= 0.3 is 0 Å². The molecule has 2 heterocycles. The summed E-state index contributed by atoms with van der Waals surface area (Å²) in [6, 6.07) is 5.88. The van der Waals surface area contributed by atoms with Gasteiger partial charge in [-0.1, -0.05) is 42.9 Å². The van der Waals surface area contributed by atoms with Crippen LogP contribution < -0.4 is 10.1 Å². The van der Waals surface area contributed by atoms with Crippen LogP contribution in [0.1, 0.15) is 35.6 Å². The van der Waals surface area contributed by atoms with Crippen LogP contribution in [-0.4, -0.2) is 21.8 Å². The Hall–Kier alpha value is -2.58. The van der Waals surface area contributed by atoms with Gasteiger partial charge in [-0.25, -0.2) is 14.4 Å². The van der Waals surface area contributed by atoms with Crippen LogP contribution in [0.4, 0.5) is 4.39 Å². The van der Waals surface area contributed by atoms with Crippen molar-refractivity contribution in [2.45, 2.75) is 26.9 Å². The minimum atomic E-state index is -0.834. The number of rotatable bonds is 6. The van der Waals surface area contributed by atoms with Crippen molar-refractivity contribution in [1.29, 1.82) is 0 Å². The first-order valence-electron chi connectivity index (χ1n) is 8.56. The fourth-order valence-corrected chi connectivity index (χ4v) is 3.28. The number of pyridine rings is 1. The number of imide groups is 1. The van der Waals surface area contributed by atoms with Gasteiger partial charge in [-0.3, -0.25) is 14.9 Å². The largest absolute Gasteiger partial charge is 0.483 e. The molecule has 1 unspecified atom stereocenters. The van der Waals surface area contributed by atoms with Gasteiger partial charge in [-0.05, 0) is 24.6 Å². The predicted molar refractivity (Wildman–Crippen MR) is 105 cm³/mol. The maximum Gasteiger partial charge on any atom is 0.260 e. The molecule has 0 saturated heterocycles. The quantitative estimate of drug-likeness (QED) is 0.639. The number of nitrogens with one attached hydrogen (secondary N) is 1. The predicted octanol–water partition coefficient (Wildman–Crippen LogP) is 4.37. The Kier molecular flexibility index (Phi) is 6.21. The summed E-state index contributed by atoms with van der Waals surface area (Å²) < 4.78 is 20.2. The van der Waals surface area contributed by atoms with Gasteiger partial charge in [0.05, 0.1) is 10.6 Å². The fraction of sp³-hybridized carbons (Fsp3) is 0.263. The molecule has 0 aliphatic carbocycles. The van der Waals surface area contributed by atoms with Crippen molar-refractivity contribution in [2.24, 2.45) is 5.92 Å². The third-order valence-corrected chi connectivity index (χ3v) is 5.27. The third-order valence-electron chi connectivity index (χ3n) is 4.11. The summed E-state index contributed by atoms with van der Waals surface area (Å²) in [4.78, 5) is 33.3. The van der Waals surface area contributed by atoms with E-state index in [1.807, 2.05) is 6.92 Å². The molecular formula is C19H17ClFN3O3S. The molecule has 0 saturated carbocycles. The molecule has 2 amide bonds. The monoisotopic (exact) mass is 421 g/mol. The number of hydrogen-bond acceptors (Lipinski definition) is 6. The third kappa shape index (κ3) is 4.45. The summed E-state index contributed by atoms with van der Waals surface area (Å²) in [7, 11) is 0. The van der Waals surface area contributed by atoms with Gasteiger partial charge in [0.25, 0.3) is 5.91 Å². The van der Waals surface area contributed by atoms with Gasteiger partial charge in [0.1, 0.15) is 22.0 Å². The molecule has 1 N–H and O–H groups in total. The van der Waals surface area contributed by atoms with E-state index in [0.717, 1.165) is 0 Å². The van der Waals surface area contributed by atoms with Crippen LogP contribution in [0, 0.1) is 11.7 Å². The van der Waals surface area contributed by atoms with E-state index in [1.54, 1.807) is 13.0 Å². The molecule has 146 valence electrons. The number of carbonyl (C=O) groups is 2. The molecule has 1 atom stereocenters. The average Bonchev–Trinajstić information content (AvgIpc) is 3.08. The van der Waals surface area contributed by atoms with Crippen molar-refractivity contribution in [3.8, 4) is 5.75 Å². The summed E-state index contributed by atoms with van der Waals surface area (Å²) in [6.45, 7) is 3.53. The first-order valence-corrected chi connectivity index (χ1v) is 9.76. The van der Waals surface area contributed by atoms with E-state index < -0.39 is 17.6 Å². The zero-order valence-electron chi connectivity index (χ0n) is 15.2. The highest BCUT2D eigenvalue weighted by atomic mass is 35.5. The second-order valence-corrected chi connectivity index (χ2v) is 7.62. The normalized spacial score (nSPS) is 12.0. The van der Waals surface area contributed by atoms with Gasteiger partial charge in [0, 0.05) is 12.1 Å². The number of carbonyl (C=O) groups excluding carboxylic acids is 2. The highest BCUT2D eigenvalue weighted by molar-refractivity contribution is 7.18. The number of halogens is 2. The van der Waals surface area contributed by atoms with Crippen molar-refractivity contribution in [2.75, 3.05) is 0 Å². The summed E-state index contributed by atoms with van der Waals surface area (Å²) in [5, 5.41) is 3.27. The van der Waals surface area contributed by atoms with Crippen LogP contribution in [0.5, 0.6) is 5.75 Å². The number of nitrogens with zero attached hydrogens (tertiary/aromatic N) is 2. The molecule has 2 aromatic heterocycles. The van der Waals surface area contributed by atoms with E-state index in [0.29, 0.717) is 26.8 Å². The Morgan fingerprint density at radius 2 is 2.18 bits per heavy atom. The Morgan fingerprint density at radius 1 is 1.39 bits per heavy atom. The van der Waals surface area contributed by atoms with Gasteiger partial charge < -0.3 is 4.74 Å². The molecule has 0 radical (unpaired) electrons. The summed E-state index contributed by atoms with van der Waals surface area (Å²) >= 11 is 7.20. The van der Waals surface area contributed by atoms with Crippen LogP contribution in [0.15, 0.2) is 30.5 Å². The molecule has 0 aliphatic heterocycles. The Labute approximate surface area is 169 Å². The smallest absolute Gasteiger partial charge is 0.260 e. The zero-order chi connectivity index (χ0) is 20.3. The number of aromatic nitrogens is 2. The first-order chi connectivity index (χ1) is 13.4. The van der Waals surface area contributed by atoms with Crippen molar-refractivity contribution in [3.63, 3.8) is 0 Å². The maximum atomic E-state index is 14.7. The zero-order valence-corrected chi connectivity index (χ0v) is 16.7. The molecular weight excluding hydrogens is 405 g/mol. The lowest BCUT2D eigenvalue weighted by Crippen LogP contribution is -2.35. The maximum absolute atomic E-state index is 14.7. The molecule has 0 spiro atoms. The summed E-state index contributed by atoms with van der Waals surface area (Å²) in [6.07, 6.45) is 2.10. The number of ether oxygens (including phenoxy) is 1. The standard InChI is InChI=1S/C19H17ClFN3O3S/c1-3-10(2)17(25)24-18(26)12-5-4-6-14(16(12)21)27-9-15-23-13-7-11(20)8-22-19(13)28-15/h4-8,10H,3,9H2,1-2H3,(H,24,25,26). The minimum Gasteiger partial charge on any atom is -0.483 e. The summed E-state index contributed by atoms with van der Waals surface area (Å²) in [5.41, 5.74) is 0.375. The van der Waals surface area contributed by atoms with Crippen LogP contribution in [-0.2, 0) is 11.4 Å². The molecule has 3 aromatic rings. The van der Waals surface area contributed by atoms with Crippen LogP contribution >= 0.6 is 22.9 Å². The van der Waals surface area contributed by atoms with Crippen molar-refractivity contribution >= 4 is 45.1 Å². The van der Waals surface area contributed by atoms with Crippen LogP contribution in [0.3, 0.4) is 0 Å². The van der Waals surface area contributed by atoms with Gasteiger partial charge in [0.2, 0.25) is 5.91 Å². The Bertz CT molecular complexity index is 1040. The Balaban J connectivity index is 1.73. The van der Waals surface area contributed by atoms with Crippen molar-refractivity contribution in [3.05, 3.63) is 51.9 Å². The molecule has 1 aromatic carbocycles. The molecule has 0 aliphatic rings. The lowest BCUT2D eigenvalue weighted by molar-refractivity contribution is -0.123. The molecule has 28 heavy (non-hydrogen) atoms. The van der Waals surface area contributed by atoms with Crippen LogP contribution in [0.25, 0.3) is 10.3 Å². The molecule has 6 nitrogen and oxygen atoms in total. The lowest BCUT2D eigenvalue weighted by atomic mass is 10.1. The van der Waals surface area contributed by atoms with Crippen molar-refractivity contribution in [1.82, 2.24) is 15.3 Å². The SMILES string of the molecule is CCC(C)C(=O)NC(=O)c1cccc(OCc2nc3cc(Cl)cnc3s2)c1F.